The summed E-state index contributed by atoms with van der Waals surface area (Å²) >= 11 is 0. The Morgan fingerprint density at radius 3 is 2.17 bits per heavy atom. The second-order valence-electron chi connectivity index (χ2n) is 7.18. The second-order valence-corrected chi connectivity index (χ2v) is 9.12. The molecule has 0 atom stereocenters. The van der Waals surface area contributed by atoms with E-state index in [-0.39, 0.29) is 34.4 Å². The van der Waals surface area contributed by atoms with Crippen molar-refractivity contribution in [2.75, 3.05) is 5.32 Å². The van der Waals surface area contributed by atoms with E-state index in [0.717, 1.165) is 36.4 Å². The van der Waals surface area contributed by atoms with Crippen LogP contribution in [-0.4, -0.2) is 33.9 Å². The maximum atomic E-state index is 13.4. The summed E-state index contributed by atoms with van der Waals surface area (Å²) in [5.74, 6) is 0.369. The number of nitrogens with one attached hydrogen (secondary N) is 1. The van der Waals surface area contributed by atoms with E-state index in [9.17, 15) is 34.8 Å². The van der Waals surface area contributed by atoms with Gasteiger partial charge in [0.1, 0.15) is 17.3 Å². The molecule has 0 spiro atoms. The van der Waals surface area contributed by atoms with Crippen LogP contribution >= 0.6 is 0 Å². The molecule has 1 aromatic carbocycles. The highest BCUT2D eigenvalue weighted by atomic mass is 32.2. The Morgan fingerprint density at radius 2 is 1.54 bits per heavy atom. The van der Waals surface area contributed by atoms with Gasteiger partial charge in [-0.3, -0.25) is 4.98 Å². The molecule has 0 radical (unpaired) electrons. The van der Waals surface area contributed by atoms with E-state index in [2.05, 4.69) is 25.3 Å². The molecular weight excluding hydrogens is 500 g/mol. The summed E-state index contributed by atoms with van der Waals surface area (Å²) in [4.78, 5) is 15.4. The van der Waals surface area contributed by atoms with Gasteiger partial charge in [-0.25, -0.2) is 23.4 Å². The fourth-order valence-electron chi connectivity index (χ4n) is 3.17. The highest BCUT2D eigenvalue weighted by molar-refractivity contribution is 7.92. The Morgan fingerprint density at radius 1 is 0.857 bits per heavy atom. The van der Waals surface area contributed by atoms with Crippen LogP contribution < -0.4 is 5.32 Å². The molecule has 4 rings (SSSR count). The first-order valence-electron chi connectivity index (χ1n) is 9.64. The number of rotatable bonds is 4. The van der Waals surface area contributed by atoms with Crippen LogP contribution in [0.5, 0.6) is 0 Å². The topological polar surface area (TPSA) is 97.7 Å². The normalized spacial score (nSPS) is 12.7. The molecule has 0 fully saturated rings. The molecule has 0 saturated heterocycles. The van der Waals surface area contributed by atoms with Crippen molar-refractivity contribution in [1.29, 1.82) is 0 Å². The quantitative estimate of drug-likeness (QED) is 0.363. The third-order valence-electron chi connectivity index (χ3n) is 4.76. The Hall–Kier alpha value is -3.81. The molecule has 4 aromatic rings. The van der Waals surface area contributed by atoms with Crippen molar-refractivity contribution >= 4 is 32.4 Å². The summed E-state index contributed by atoms with van der Waals surface area (Å²) in [6, 6.07) is 8.59. The molecule has 0 bridgehead atoms. The zero-order valence-corrected chi connectivity index (χ0v) is 18.3. The number of sulfone groups is 1. The van der Waals surface area contributed by atoms with E-state index in [1.54, 1.807) is 0 Å². The standard InChI is InChI=1S/C21H13F6N5O2S/c1-11-29-18(31-12-4-6-13(7-5-12)35(33,34)21(25,26)27)14-8-9-16(32-19(14)30-11)17-15(20(22,23)24)3-2-10-28-17/h2-10H,1H3,(H,29,30,31,32). The van der Waals surface area contributed by atoms with Crippen LogP contribution in [0.25, 0.3) is 22.4 Å². The van der Waals surface area contributed by atoms with Gasteiger partial charge in [0.2, 0.25) is 0 Å². The second kappa shape index (κ2) is 8.45. The number of pyridine rings is 2. The highest BCUT2D eigenvalue weighted by Gasteiger charge is 2.46. The summed E-state index contributed by atoms with van der Waals surface area (Å²) in [6.07, 6.45) is -3.45. The summed E-state index contributed by atoms with van der Waals surface area (Å²) in [7, 11) is -5.50. The Kier molecular flexibility index (Phi) is 5.87. The molecule has 0 aliphatic heterocycles. The van der Waals surface area contributed by atoms with Crippen LogP contribution in [0.2, 0.25) is 0 Å². The smallest absolute Gasteiger partial charge is 0.340 e. The minimum Gasteiger partial charge on any atom is -0.340 e. The fraction of sp³-hybridized carbons (Fsp3) is 0.143. The molecule has 7 nitrogen and oxygen atoms in total. The Bertz CT molecular complexity index is 1520. The number of fused-ring (bicyclic) bond motifs is 1. The average molecular weight is 513 g/mol. The van der Waals surface area contributed by atoms with Crippen molar-refractivity contribution < 1.29 is 34.8 Å². The first-order valence-corrected chi connectivity index (χ1v) is 11.1. The maximum absolute atomic E-state index is 13.4. The van der Waals surface area contributed by atoms with Crippen molar-refractivity contribution in [3.63, 3.8) is 0 Å². The molecule has 1 N–H and O–H groups in total. The lowest BCUT2D eigenvalue weighted by molar-refractivity contribution is -0.137. The summed E-state index contributed by atoms with van der Waals surface area (Å²) in [6.45, 7) is 1.51. The van der Waals surface area contributed by atoms with Crippen LogP contribution in [-0.2, 0) is 16.0 Å². The van der Waals surface area contributed by atoms with Gasteiger partial charge in [0, 0.05) is 11.9 Å². The first kappa shape index (κ1) is 24.3. The van der Waals surface area contributed by atoms with Crippen LogP contribution in [0.3, 0.4) is 0 Å². The predicted octanol–water partition coefficient (Wildman–Crippen LogP) is 5.45. The summed E-state index contributed by atoms with van der Waals surface area (Å²) in [5, 5.41) is 3.14. The zero-order valence-electron chi connectivity index (χ0n) is 17.5. The first-order chi connectivity index (χ1) is 16.3. The van der Waals surface area contributed by atoms with Crippen molar-refractivity contribution in [1.82, 2.24) is 19.9 Å². The lowest BCUT2D eigenvalue weighted by Crippen LogP contribution is -2.23. The van der Waals surface area contributed by atoms with Crippen LogP contribution in [0.15, 0.2) is 59.6 Å². The number of aromatic nitrogens is 4. The lowest BCUT2D eigenvalue weighted by atomic mass is 10.1. The van der Waals surface area contributed by atoms with Gasteiger partial charge < -0.3 is 5.32 Å². The Balaban J connectivity index is 1.72. The molecule has 0 unspecified atom stereocenters. The van der Waals surface area contributed by atoms with Gasteiger partial charge in [0.05, 0.1) is 21.5 Å². The maximum Gasteiger partial charge on any atom is 0.501 e. The largest absolute Gasteiger partial charge is 0.501 e. The van der Waals surface area contributed by atoms with Crippen molar-refractivity contribution in [2.45, 2.75) is 23.5 Å². The molecular formula is C21H13F6N5O2S. The van der Waals surface area contributed by atoms with Gasteiger partial charge in [0.15, 0.2) is 5.65 Å². The summed E-state index contributed by atoms with van der Waals surface area (Å²) in [5.41, 5.74) is -6.60. The predicted molar refractivity (Wildman–Crippen MR) is 113 cm³/mol. The zero-order chi connectivity index (χ0) is 25.6. The van der Waals surface area contributed by atoms with Crippen LogP contribution in [0, 0.1) is 6.92 Å². The van der Waals surface area contributed by atoms with E-state index in [1.807, 2.05) is 0 Å². The third-order valence-corrected chi connectivity index (χ3v) is 6.26. The molecule has 0 amide bonds. The van der Waals surface area contributed by atoms with E-state index in [4.69, 9.17) is 0 Å². The summed E-state index contributed by atoms with van der Waals surface area (Å²) < 4.78 is 101. The van der Waals surface area contributed by atoms with Crippen molar-refractivity contribution in [3.05, 3.63) is 66.1 Å². The van der Waals surface area contributed by atoms with E-state index in [1.165, 1.54) is 25.3 Å². The van der Waals surface area contributed by atoms with Gasteiger partial charge in [-0.1, -0.05) is 0 Å². The molecule has 182 valence electrons. The van der Waals surface area contributed by atoms with Gasteiger partial charge in [0.25, 0.3) is 9.84 Å². The minimum absolute atomic E-state index is 0.0487. The van der Waals surface area contributed by atoms with Crippen molar-refractivity contribution in [2.24, 2.45) is 0 Å². The molecule has 35 heavy (non-hydrogen) atoms. The number of anilines is 2. The van der Waals surface area contributed by atoms with Gasteiger partial charge in [-0.2, -0.15) is 26.3 Å². The number of aryl methyl sites for hydroxylation is 1. The molecule has 14 heteroatoms. The van der Waals surface area contributed by atoms with Gasteiger partial charge in [-0.15, -0.1) is 0 Å². The Labute approximate surface area is 193 Å². The monoisotopic (exact) mass is 513 g/mol. The van der Waals surface area contributed by atoms with Crippen LogP contribution in [0.4, 0.5) is 37.8 Å². The number of hydrogen-bond donors (Lipinski definition) is 1. The number of hydrogen-bond acceptors (Lipinski definition) is 7. The lowest BCUT2D eigenvalue weighted by Gasteiger charge is -2.13. The van der Waals surface area contributed by atoms with Gasteiger partial charge >= 0.3 is 11.7 Å². The number of nitrogens with zero attached hydrogens (tertiary/aromatic N) is 4. The van der Waals surface area contributed by atoms with Crippen molar-refractivity contribution in [3.8, 4) is 11.4 Å². The SMILES string of the molecule is Cc1nc(Nc2ccc(S(=O)(=O)C(F)(F)F)cc2)c2ccc(-c3ncccc3C(F)(F)F)nc2n1. The fourth-order valence-corrected chi connectivity index (χ4v) is 3.93. The molecule has 3 heterocycles. The third kappa shape index (κ3) is 4.73. The van der Waals surface area contributed by atoms with E-state index < -0.39 is 32.0 Å². The molecule has 0 aliphatic carbocycles. The number of benzene rings is 1. The van der Waals surface area contributed by atoms with E-state index >= 15 is 0 Å². The van der Waals surface area contributed by atoms with Gasteiger partial charge in [-0.05, 0) is 55.5 Å². The van der Waals surface area contributed by atoms with Crippen LogP contribution in [0.1, 0.15) is 11.4 Å². The van der Waals surface area contributed by atoms with E-state index in [0.29, 0.717) is 5.39 Å². The molecule has 0 aliphatic rings. The number of halogens is 6. The highest BCUT2D eigenvalue weighted by Crippen LogP contribution is 2.36. The average Bonchev–Trinajstić information content (AvgIpc) is 2.77. The number of alkyl halides is 6. The minimum atomic E-state index is -5.50. The molecule has 3 aromatic heterocycles. The molecule has 0 saturated carbocycles.